The SMILES string of the molecule is CC(=O)NC1[C@@H](O[C@H]2C(CO)O[C@@H](O[C@@H]3C(CO)O[C@@H](OCCCCCn4cc(CNC(=O)c5cc(NC(=O)CCCC[C@H]6SC[C@H]7CC(=O)N[C@H]76)cc(C(=O)NCc6cn(CCCCCCO[C@@H]7OC(CO)[C@@H](O[C@@H]8OC(CO)[C@H](O[C@@H]9OC(CO)[C@H](O)[C@H](O)C9NC(C)=O)[C@H](O)C8O)[C@H](O)C7O)nn6)c5)nn4)C(O)[C@H]3O)C(O)[C@H]2O)OC(CO)[C@H](O)[C@@H]1O. The molecule has 48 nitrogen and oxygen atoms in total. The molecule has 2 aromatic heterocycles. The van der Waals surface area contributed by atoms with E-state index in [4.69, 9.17) is 56.8 Å². The molecule has 0 aliphatic carbocycles. The monoisotopic (exact) mass is 1810 g/mol. The Kier molecular flexibility index (Phi) is 37.1. The molecule has 8 saturated heterocycles. The number of anilines is 1. The molecule has 8 aliphatic heterocycles. The Hall–Kier alpha value is -6.53. The van der Waals surface area contributed by atoms with Crippen molar-refractivity contribution in [3.8, 4) is 0 Å². The summed E-state index contributed by atoms with van der Waals surface area (Å²) >= 11 is 1.83. The van der Waals surface area contributed by atoms with Gasteiger partial charge in [-0.25, -0.2) is 0 Å². The van der Waals surface area contributed by atoms with Gasteiger partial charge in [-0.3, -0.25) is 38.1 Å². The molecule has 6 amide bonds. The molecule has 11 rings (SSSR count). The molecule has 125 heavy (non-hydrogen) atoms. The second kappa shape index (κ2) is 46.8. The highest BCUT2D eigenvalue weighted by molar-refractivity contribution is 8.00. The summed E-state index contributed by atoms with van der Waals surface area (Å²) in [5.74, 6) is -1.65. The first-order valence-corrected chi connectivity index (χ1v) is 42.8. The quantitative estimate of drug-likeness (QED) is 0.0234. The van der Waals surface area contributed by atoms with Crippen LogP contribution in [0.2, 0.25) is 0 Å². The standard InChI is InChI=1S/C76H118N12O36S/c1-33(95)79-51-55(101)53(99)41(26-89)115-71(51)121-65-45(30-93)119-75(63(109)59(65)105)123-67-43(28-91)117-73(61(107)57(67)103)113-16-10-4-3-8-14-87-24-39(83-85-87)22-77-69(111)35-18-36(20-38(19-35)81-48(97)13-7-6-12-47-50-37(32-125-47)21-49(98)82-50)70(112)78-23-40-25-88(86-84-40)15-9-5-11-17-114-74-62(108)58(104)68(44(29-92)118-74)124-76-64(110)60(106)66(46(31-94)120-76)122-72-52(80-34(2)96)56(102)54(100)42(27-90)116-72/h18-20,24-25,37,41-47,50-68,71-76,89-94,99-110H,3-17,21-23,26-32H2,1-2H3,(H,77,111)(H,78,112)(H,79,95)(H,80,96)(H,81,97)(H,82,98)/t37-,41?,42?,43?,44?,45?,46?,47-,50-,51?,52?,53+,54+,55-,56-,57-,58-,59-,60-,61?,62?,63?,64?,65+,66+,67-,68-,71+,72-,73-,74-,75+,76+/m1/s1. The number of fused-ring (bicyclic) bond motifs is 1. The Labute approximate surface area is 719 Å². The summed E-state index contributed by atoms with van der Waals surface area (Å²) < 4.78 is 72.1. The van der Waals surface area contributed by atoms with Crippen LogP contribution < -0.4 is 31.9 Å². The van der Waals surface area contributed by atoms with E-state index in [2.05, 4.69) is 52.5 Å². The van der Waals surface area contributed by atoms with Gasteiger partial charge in [-0.15, -0.1) is 10.2 Å². The minimum absolute atomic E-state index is 0.00172. The van der Waals surface area contributed by atoms with Gasteiger partial charge in [0.25, 0.3) is 11.8 Å². The largest absolute Gasteiger partial charge is 0.394 e. The zero-order valence-corrected chi connectivity index (χ0v) is 69.4. The van der Waals surface area contributed by atoms with E-state index in [9.17, 15) is 121 Å². The number of ether oxygens (including phenoxy) is 12. The summed E-state index contributed by atoms with van der Waals surface area (Å²) in [6.07, 6.45) is -37.2. The second-order valence-electron chi connectivity index (χ2n) is 32.1. The third-order valence-electron chi connectivity index (χ3n) is 23.0. The zero-order chi connectivity index (χ0) is 90.0. The minimum Gasteiger partial charge on any atom is -0.394 e. The van der Waals surface area contributed by atoms with Crippen molar-refractivity contribution >= 4 is 52.9 Å². The van der Waals surface area contributed by atoms with Crippen molar-refractivity contribution in [2.24, 2.45) is 5.92 Å². The van der Waals surface area contributed by atoms with Crippen molar-refractivity contribution < 1.29 is 178 Å². The number of aryl methyl sites for hydroxylation is 2. The first-order chi connectivity index (χ1) is 59.9. The van der Waals surface area contributed by atoms with Crippen LogP contribution >= 0.6 is 11.8 Å². The Morgan fingerprint density at radius 1 is 0.464 bits per heavy atom. The van der Waals surface area contributed by atoms with Crippen LogP contribution in [0.1, 0.15) is 123 Å². The third-order valence-corrected chi connectivity index (χ3v) is 24.5. The van der Waals surface area contributed by atoms with Gasteiger partial charge in [-0.1, -0.05) is 29.7 Å². The number of amides is 6. The van der Waals surface area contributed by atoms with Crippen LogP contribution in [0, 0.1) is 5.92 Å². The van der Waals surface area contributed by atoms with Crippen LogP contribution in [0.25, 0.3) is 0 Å². The van der Waals surface area contributed by atoms with E-state index in [-0.39, 0.29) is 72.6 Å². The van der Waals surface area contributed by atoms with Gasteiger partial charge < -0.3 is 181 Å². The summed E-state index contributed by atoms with van der Waals surface area (Å²) in [5.41, 5.74) is 1.03. The van der Waals surface area contributed by atoms with E-state index in [1.165, 1.54) is 18.2 Å². The number of unbranched alkanes of at least 4 members (excludes halogenated alkanes) is 6. The van der Waals surface area contributed by atoms with Gasteiger partial charge in [0.2, 0.25) is 23.6 Å². The lowest BCUT2D eigenvalue weighted by Gasteiger charge is -2.48. The summed E-state index contributed by atoms with van der Waals surface area (Å²) in [6.45, 7) is -2.07. The maximum Gasteiger partial charge on any atom is 0.251 e. The molecule has 8 aliphatic rings. The maximum atomic E-state index is 13.9. The van der Waals surface area contributed by atoms with E-state index in [0.717, 1.165) is 32.4 Å². The number of benzene rings is 1. The fourth-order valence-corrected chi connectivity index (χ4v) is 17.8. The number of nitrogens with one attached hydrogen (secondary N) is 6. The summed E-state index contributed by atoms with van der Waals surface area (Å²) in [7, 11) is 0. The number of thioether (sulfide) groups is 1. The number of carbonyl (C=O) groups is 6. The number of aromatic nitrogens is 6. The molecular formula is C76H118N12O36S. The van der Waals surface area contributed by atoms with Gasteiger partial charge in [-0.05, 0) is 74.8 Å². The number of aliphatic hydroxyl groups is 18. The molecule has 49 heteroatoms. The average molecular weight is 1810 g/mol. The van der Waals surface area contributed by atoms with E-state index >= 15 is 0 Å². The second-order valence-corrected chi connectivity index (χ2v) is 33.4. The lowest BCUT2D eigenvalue weighted by molar-refractivity contribution is -0.374. The molecule has 24 N–H and O–H groups in total. The van der Waals surface area contributed by atoms with Crippen LogP contribution in [0.5, 0.6) is 0 Å². The normalized spacial score (nSPS) is 36.6. The topological polar surface area (TPSA) is 711 Å². The Balaban J connectivity index is 0.601. The van der Waals surface area contributed by atoms with Crippen molar-refractivity contribution in [1.29, 1.82) is 0 Å². The van der Waals surface area contributed by atoms with Crippen LogP contribution in [0.4, 0.5) is 5.69 Å². The van der Waals surface area contributed by atoms with Crippen LogP contribution in [0.3, 0.4) is 0 Å². The summed E-state index contributed by atoms with van der Waals surface area (Å²) in [5, 5.41) is 226. The molecule has 10 heterocycles. The van der Waals surface area contributed by atoms with Gasteiger partial charge in [0, 0.05) is 81.1 Å². The van der Waals surface area contributed by atoms with Crippen molar-refractivity contribution in [2.75, 3.05) is 63.9 Å². The molecule has 704 valence electrons. The number of hydrogen-bond acceptors (Lipinski definition) is 41. The van der Waals surface area contributed by atoms with Crippen LogP contribution in [0.15, 0.2) is 30.6 Å². The third kappa shape index (κ3) is 25.4. The van der Waals surface area contributed by atoms with E-state index in [0.29, 0.717) is 88.2 Å². The van der Waals surface area contributed by atoms with Crippen LogP contribution in [-0.2, 0) is 102 Å². The number of hydrogen-bond donors (Lipinski definition) is 24. The average Bonchev–Trinajstić information content (AvgIpc) is 1.61. The van der Waals surface area contributed by atoms with E-state index in [1.54, 1.807) is 21.8 Å². The maximum absolute atomic E-state index is 13.9. The Morgan fingerprint density at radius 2 is 0.848 bits per heavy atom. The molecule has 3 aromatic rings. The molecular weight excluding hydrogens is 1690 g/mol. The summed E-state index contributed by atoms with van der Waals surface area (Å²) in [6, 6.07) is 1.46. The number of carbonyl (C=O) groups excluding carboxylic acids is 6. The smallest absolute Gasteiger partial charge is 0.251 e. The number of nitrogens with zero attached hydrogens (tertiary/aromatic N) is 6. The van der Waals surface area contributed by atoms with Gasteiger partial charge in [-0.2, -0.15) is 11.8 Å². The lowest BCUT2D eigenvalue weighted by atomic mass is 9.95. The highest BCUT2D eigenvalue weighted by Crippen LogP contribution is 2.41. The zero-order valence-electron chi connectivity index (χ0n) is 68.6. The van der Waals surface area contributed by atoms with Crippen molar-refractivity contribution in [3.05, 3.63) is 53.1 Å². The summed E-state index contributed by atoms with van der Waals surface area (Å²) in [4.78, 5) is 77.4. The predicted molar refractivity (Wildman–Crippen MR) is 418 cm³/mol. The molecule has 33 atom stereocenters. The molecule has 8 fully saturated rings. The lowest BCUT2D eigenvalue weighted by Crippen LogP contribution is -2.68. The van der Waals surface area contributed by atoms with Gasteiger partial charge in [0.15, 0.2) is 37.7 Å². The van der Waals surface area contributed by atoms with E-state index < -0.39 is 247 Å². The fourth-order valence-electron chi connectivity index (χ4n) is 16.2. The molecule has 0 radical (unpaired) electrons. The highest BCUT2D eigenvalue weighted by atomic mass is 32.2. The Bertz CT molecular complexity index is 3920. The molecule has 0 saturated carbocycles. The van der Waals surface area contributed by atoms with E-state index in [1.807, 2.05) is 11.8 Å². The molecule has 12 unspecified atom stereocenters. The molecule has 0 spiro atoms. The van der Waals surface area contributed by atoms with Crippen molar-refractivity contribution in [2.45, 2.75) is 312 Å². The minimum atomic E-state index is -2.01. The van der Waals surface area contributed by atoms with Gasteiger partial charge in [0.05, 0.1) is 65.1 Å². The molecule has 0 bridgehead atoms. The van der Waals surface area contributed by atoms with Crippen molar-refractivity contribution in [3.63, 3.8) is 0 Å². The highest BCUT2D eigenvalue weighted by Gasteiger charge is 2.57. The fraction of sp³-hybridized carbons (Fsp3) is 0.789. The van der Waals surface area contributed by atoms with Gasteiger partial charge in [0.1, 0.15) is 158 Å². The predicted octanol–water partition coefficient (Wildman–Crippen LogP) is -10.2. The first-order valence-electron chi connectivity index (χ1n) is 41.8. The van der Waals surface area contributed by atoms with Crippen molar-refractivity contribution in [1.82, 2.24) is 56.6 Å². The number of rotatable bonds is 43. The number of aliphatic hydroxyl groups excluding tert-OH is 18. The van der Waals surface area contributed by atoms with Crippen LogP contribution in [-0.4, -0.2) is 411 Å². The Morgan fingerprint density at radius 3 is 1.26 bits per heavy atom. The van der Waals surface area contributed by atoms with Gasteiger partial charge >= 0.3 is 0 Å². The molecule has 1 aromatic carbocycles. The first kappa shape index (κ1) is 99.1.